The van der Waals surface area contributed by atoms with Crippen molar-refractivity contribution in [2.45, 2.75) is 19.8 Å². The molecule has 22 heavy (non-hydrogen) atoms. The summed E-state index contributed by atoms with van der Waals surface area (Å²) in [5, 5.41) is 3.35. The van der Waals surface area contributed by atoms with Crippen molar-refractivity contribution in [3.63, 3.8) is 0 Å². The second-order valence-electron chi connectivity index (χ2n) is 5.53. The summed E-state index contributed by atoms with van der Waals surface area (Å²) in [6, 6.07) is 9.32. The van der Waals surface area contributed by atoms with E-state index < -0.39 is 0 Å². The molecule has 114 valence electrons. The Bertz CT molecular complexity index is 696. The Labute approximate surface area is 135 Å². The molecule has 1 amide bonds. The van der Waals surface area contributed by atoms with E-state index in [1.165, 1.54) is 12.8 Å². The molecular weight excluding hydrogens is 298 g/mol. The Kier molecular flexibility index (Phi) is 4.29. The Hall–Kier alpha value is -2.07. The predicted molar refractivity (Wildman–Crippen MR) is 89.8 cm³/mol. The molecule has 0 bridgehead atoms. The molecule has 0 unspecified atom stereocenters. The lowest BCUT2D eigenvalue weighted by Gasteiger charge is -2.17. The second-order valence-corrected chi connectivity index (χ2v) is 5.94. The first-order valence-electron chi connectivity index (χ1n) is 7.42. The fraction of sp³-hybridized carbons (Fsp3) is 0.294. The minimum Gasteiger partial charge on any atom is -0.371 e. The minimum atomic E-state index is -0.244. The number of halogens is 1. The SMILES string of the molecule is Cc1ccc(NC(=O)c2cc(N3CCCC3)ccn2)c(Cl)c1. The zero-order valence-corrected chi connectivity index (χ0v) is 13.2. The van der Waals surface area contributed by atoms with Gasteiger partial charge in [0.05, 0.1) is 10.7 Å². The van der Waals surface area contributed by atoms with Crippen molar-refractivity contribution in [2.75, 3.05) is 23.3 Å². The van der Waals surface area contributed by atoms with Crippen molar-refractivity contribution >= 4 is 28.9 Å². The number of carbonyl (C=O) groups is 1. The van der Waals surface area contributed by atoms with Crippen LogP contribution in [-0.4, -0.2) is 24.0 Å². The molecule has 1 aliphatic heterocycles. The lowest BCUT2D eigenvalue weighted by Crippen LogP contribution is -2.19. The number of nitrogens with one attached hydrogen (secondary N) is 1. The van der Waals surface area contributed by atoms with Gasteiger partial charge in [0.15, 0.2) is 0 Å². The van der Waals surface area contributed by atoms with E-state index in [1.807, 2.05) is 31.2 Å². The topological polar surface area (TPSA) is 45.2 Å². The average Bonchev–Trinajstić information content (AvgIpc) is 3.04. The predicted octanol–water partition coefficient (Wildman–Crippen LogP) is 3.90. The summed E-state index contributed by atoms with van der Waals surface area (Å²) in [7, 11) is 0. The third-order valence-corrected chi connectivity index (χ3v) is 4.13. The number of amides is 1. The highest BCUT2D eigenvalue weighted by atomic mass is 35.5. The van der Waals surface area contributed by atoms with Gasteiger partial charge in [-0.1, -0.05) is 17.7 Å². The number of hydrogen-bond acceptors (Lipinski definition) is 3. The number of hydrogen-bond donors (Lipinski definition) is 1. The van der Waals surface area contributed by atoms with Crippen LogP contribution in [0.15, 0.2) is 36.5 Å². The monoisotopic (exact) mass is 315 g/mol. The molecule has 1 N–H and O–H groups in total. The van der Waals surface area contributed by atoms with Gasteiger partial charge in [0.25, 0.3) is 5.91 Å². The number of carbonyl (C=O) groups excluding carboxylic acids is 1. The van der Waals surface area contributed by atoms with Crippen molar-refractivity contribution < 1.29 is 4.79 Å². The molecule has 0 spiro atoms. The van der Waals surface area contributed by atoms with Crippen LogP contribution in [-0.2, 0) is 0 Å². The third kappa shape index (κ3) is 3.22. The highest BCUT2D eigenvalue weighted by Gasteiger charge is 2.15. The van der Waals surface area contributed by atoms with Gasteiger partial charge in [-0.3, -0.25) is 9.78 Å². The van der Waals surface area contributed by atoms with Crippen molar-refractivity contribution in [3.05, 3.63) is 52.8 Å². The number of aromatic nitrogens is 1. The zero-order valence-electron chi connectivity index (χ0n) is 12.5. The van der Waals surface area contributed by atoms with Crippen LogP contribution in [0, 0.1) is 6.92 Å². The maximum absolute atomic E-state index is 12.4. The van der Waals surface area contributed by atoms with Crippen LogP contribution >= 0.6 is 11.6 Å². The van der Waals surface area contributed by atoms with Crippen molar-refractivity contribution in [3.8, 4) is 0 Å². The van der Waals surface area contributed by atoms with Gasteiger partial charge in [-0.05, 0) is 49.6 Å². The van der Waals surface area contributed by atoms with Crippen LogP contribution in [0.4, 0.5) is 11.4 Å². The summed E-state index contributed by atoms with van der Waals surface area (Å²) in [5.74, 6) is -0.244. The molecule has 4 nitrogen and oxygen atoms in total. The summed E-state index contributed by atoms with van der Waals surface area (Å²) in [6.45, 7) is 4.03. The van der Waals surface area contributed by atoms with Gasteiger partial charge in [-0.2, -0.15) is 0 Å². The lowest BCUT2D eigenvalue weighted by atomic mass is 10.2. The van der Waals surface area contributed by atoms with E-state index >= 15 is 0 Å². The quantitative estimate of drug-likeness (QED) is 0.934. The van der Waals surface area contributed by atoms with Gasteiger partial charge < -0.3 is 10.2 Å². The smallest absolute Gasteiger partial charge is 0.274 e. The first-order chi connectivity index (χ1) is 10.6. The number of benzene rings is 1. The van der Waals surface area contributed by atoms with Gasteiger partial charge in [0, 0.05) is 25.0 Å². The highest BCUT2D eigenvalue weighted by molar-refractivity contribution is 6.34. The number of aryl methyl sites for hydroxylation is 1. The normalized spacial score (nSPS) is 14.2. The molecule has 2 aromatic rings. The molecule has 0 aliphatic carbocycles. The summed E-state index contributed by atoms with van der Waals surface area (Å²) in [6.07, 6.45) is 4.07. The molecule has 2 heterocycles. The number of anilines is 2. The Morgan fingerprint density at radius 2 is 2.00 bits per heavy atom. The van der Waals surface area contributed by atoms with E-state index in [4.69, 9.17) is 11.6 Å². The van der Waals surface area contributed by atoms with Crippen LogP contribution in [0.3, 0.4) is 0 Å². The van der Waals surface area contributed by atoms with Gasteiger partial charge in [0.2, 0.25) is 0 Å². The van der Waals surface area contributed by atoms with E-state index in [1.54, 1.807) is 12.3 Å². The first-order valence-corrected chi connectivity index (χ1v) is 7.80. The van der Waals surface area contributed by atoms with Crippen LogP contribution in [0.25, 0.3) is 0 Å². The van der Waals surface area contributed by atoms with E-state index in [0.717, 1.165) is 24.3 Å². The molecule has 1 aliphatic rings. The molecule has 1 fully saturated rings. The molecule has 0 atom stereocenters. The molecular formula is C17H18ClN3O. The highest BCUT2D eigenvalue weighted by Crippen LogP contribution is 2.24. The Morgan fingerprint density at radius 3 is 2.73 bits per heavy atom. The summed E-state index contributed by atoms with van der Waals surface area (Å²) >= 11 is 6.15. The summed E-state index contributed by atoms with van der Waals surface area (Å²) in [4.78, 5) is 18.8. The van der Waals surface area contributed by atoms with Crippen LogP contribution in [0.2, 0.25) is 5.02 Å². The molecule has 1 aromatic heterocycles. The van der Waals surface area contributed by atoms with Crippen molar-refractivity contribution in [1.29, 1.82) is 0 Å². The fourth-order valence-corrected chi connectivity index (χ4v) is 2.91. The molecule has 0 radical (unpaired) electrons. The van der Waals surface area contributed by atoms with Gasteiger partial charge >= 0.3 is 0 Å². The maximum Gasteiger partial charge on any atom is 0.274 e. The minimum absolute atomic E-state index is 0.244. The van der Waals surface area contributed by atoms with Gasteiger partial charge in [-0.25, -0.2) is 0 Å². The molecule has 0 saturated carbocycles. The number of nitrogens with zero attached hydrogens (tertiary/aromatic N) is 2. The van der Waals surface area contributed by atoms with E-state index in [0.29, 0.717) is 16.4 Å². The molecule has 5 heteroatoms. The third-order valence-electron chi connectivity index (χ3n) is 3.82. The number of pyridine rings is 1. The van der Waals surface area contributed by atoms with Crippen LogP contribution in [0.5, 0.6) is 0 Å². The van der Waals surface area contributed by atoms with E-state index in [-0.39, 0.29) is 5.91 Å². The van der Waals surface area contributed by atoms with Crippen LogP contribution < -0.4 is 10.2 Å². The lowest BCUT2D eigenvalue weighted by molar-refractivity contribution is 0.102. The van der Waals surface area contributed by atoms with E-state index in [9.17, 15) is 4.79 Å². The Morgan fingerprint density at radius 1 is 1.23 bits per heavy atom. The standard InChI is InChI=1S/C17H18ClN3O/c1-12-4-5-15(14(18)10-12)20-17(22)16-11-13(6-7-19-16)21-8-2-3-9-21/h4-7,10-11H,2-3,8-9H2,1H3,(H,20,22). The fourth-order valence-electron chi connectivity index (χ4n) is 2.62. The molecule has 1 aromatic carbocycles. The zero-order chi connectivity index (χ0) is 15.5. The largest absolute Gasteiger partial charge is 0.371 e. The first kappa shape index (κ1) is 14.9. The number of rotatable bonds is 3. The van der Waals surface area contributed by atoms with Gasteiger partial charge in [0.1, 0.15) is 5.69 Å². The average molecular weight is 316 g/mol. The van der Waals surface area contributed by atoms with Crippen molar-refractivity contribution in [2.24, 2.45) is 0 Å². The Balaban J connectivity index is 1.78. The second kappa shape index (κ2) is 6.36. The van der Waals surface area contributed by atoms with Crippen molar-refractivity contribution in [1.82, 2.24) is 4.98 Å². The molecule has 3 rings (SSSR count). The van der Waals surface area contributed by atoms with E-state index in [2.05, 4.69) is 15.2 Å². The van der Waals surface area contributed by atoms with Crippen LogP contribution in [0.1, 0.15) is 28.9 Å². The summed E-state index contributed by atoms with van der Waals surface area (Å²) < 4.78 is 0. The maximum atomic E-state index is 12.4. The van der Waals surface area contributed by atoms with Gasteiger partial charge in [-0.15, -0.1) is 0 Å². The molecule has 1 saturated heterocycles. The summed E-state index contributed by atoms with van der Waals surface area (Å²) in [5.41, 5.74) is 3.11.